The highest BCUT2D eigenvalue weighted by Crippen LogP contribution is 2.30. The van der Waals surface area contributed by atoms with E-state index in [1.165, 1.54) is 6.20 Å². The molecule has 0 N–H and O–H groups in total. The Morgan fingerprint density at radius 3 is 3.00 bits per heavy atom. The molecule has 1 aliphatic heterocycles. The topological polar surface area (TPSA) is 46.1 Å². The Morgan fingerprint density at radius 2 is 2.38 bits per heavy atom. The normalized spacial score (nSPS) is 20.6. The van der Waals surface area contributed by atoms with Gasteiger partial charge in [0, 0.05) is 25.0 Å². The smallest absolute Gasteiger partial charge is 0.228 e. The fourth-order valence-corrected chi connectivity index (χ4v) is 2.36. The first kappa shape index (κ1) is 12.1. The summed E-state index contributed by atoms with van der Waals surface area (Å²) in [7, 11) is 0. The predicted octanol–water partition coefficient (Wildman–Crippen LogP) is 2.48. The summed E-state index contributed by atoms with van der Waals surface area (Å²) >= 11 is 14.8. The maximum atomic E-state index is 11.8. The number of carbonyl (C=O) groups is 1. The van der Waals surface area contributed by atoms with Gasteiger partial charge < -0.3 is 0 Å². The molecule has 1 fully saturated rings. The molecule has 0 radical (unpaired) electrons. The van der Waals surface area contributed by atoms with E-state index in [0.717, 1.165) is 0 Å². The molecule has 0 aliphatic carbocycles. The van der Waals surface area contributed by atoms with Crippen molar-refractivity contribution in [2.45, 2.75) is 6.42 Å². The molecule has 1 aliphatic rings. The number of amides is 1. The van der Waals surface area contributed by atoms with Crippen LogP contribution in [0.4, 0.5) is 5.82 Å². The summed E-state index contributed by atoms with van der Waals surface area (Å²) in [6.45, 7) is 0.578. The van der Waals surface area contributed by atoms with Crippen molar-refractivity contribution in [3.8, 4) is 0 Å². The average Bonchev–Trinajstić information content (AvgIpc) is 2.63. The minimum absolute atomic E-state index is 0.0149. The fourth-order valence-electron chi connectivity index (χ4n) is 1.62. The molecule has 1 atom stereocenters. The van der Waals surface area contributed by atoms with E-state index < -0.39 is 0 Å². The summed E-state index contributed by atoms with van der Waals surface area (Å²) in [5.41, 5.74) is 0. The molecule has 0 aromatic carbocycles. The number of hydrogen-bond acceptors (Lipinski definition) is 3. The lowest BCUT2D eigenvalue weighted by Crippen LogP contribution is -2.26. The number of anilines is 1. The van der Waals surface area contributed by atoms with Gasteiger partial charge in [0.1, 0.15) is 0 Å². The molecular weight excluding hydrogens is 317 g/mol. The molecule has 86 valence electrons. The highest BCUT2D eigenvalue weighted by Gasteiger charge is 2.32. The van der Waals surface area contributed by atoms with Crippen LogP contribution in [-0.4, -0.2) is 28.3 Å². The first-order chi connectivity index (χ1) is 7.61. The zero-order chi connectivity index (χ0) is 11.7. The summed E-state index contributed by atoms with van der Waals surface area (Å²) in [5, 5.41) is 0.125. The maximum Gasteiger partial charge on any atom is 0.228 e. The summed E-state index contributed by atoms with van der Waals surface area (Å²) in [6.07, 6.45) is 1.99. The molecule has 16 heavy (non-hydrogen) atoms. The van der Waals surface area contributed by atoms with Crippen molar-refractivity contribution < 1.29 is 4.79 Å². The van der Waals surface area contributed by atoms with Gasteiger partial charge in [0.05, 0.1) is 4.47 Å². The number of halogens is 3. The largest absolute Gasteiger partial charge is 0.295 e. The van der Waals surface area contributed by atoms with E-state index >= 15 is 0 Å². The molecule has 1 aromatic rings. The number of alkyl halides is 1. The minimum Gasteiger partial charge on any atom is -0.295 e. The highest BCUT2D eigenvalue weighted by atomic mass is 79.9. The highest BCUT2D eigenvalue weighted by molar-refractivity contribution is 9.10. The summed E-state index contributed by atoms with van der Waals surface area (Å²) in [6, 6.07) is 0. The Bertz CT molecular complexity index is 429. The Hall–Kier alpha value is -0.390. The average molecular weight is 325 g/mol. The van der Waals surface area contributed by atoms with E-state index in [0.29, 0.717) is 29.1 Å². The molecule has 1 saturated heterocycles. The van der Waals surface area contributed by atoms with Gasteiger partial charge in [0.2, 0.25) is 11.2 Å². The van der Waals surface area contributed by atoms with Gasteiger partial charge in [-0.05, 0) is 33.4 Å². The van der Waals surface area contributed by atoms with Gasteiger partial charge in [-0.25, -0.2) is 4.98 Å². The Morgan fingerprint density at radius 1 is 1.62 bits per heavy atom. The Kier molecular flexibility index (Phi) is 3.66. The molecule has 1 unspecified atom stereocenters. The van der Waals surface area contributed by atoms with Gasteiger partial charge in [-0.2, -0.15) is 4.98 Å². The third kappa shape index (κ3) is 2.31. The van der Waals surface area contributed by atoms with Crippen molar-refractivity contribution in [3.05, 3.63) is 16.0 Å². The molecule has 0 saturated carbocycles. The fraction of sp³-hybridized carbons (Fsp3) is 0.444. The third-order valence-electron chi connectivity index (χ3n) is 2.38. The number of aromatic nitrogens is 2. The van der Waals surface area contributed by atoms with Crippen molar-refractivity contribution in [2.75, 3.05) is 17.3 Å². The quantitative estimate of drug-likeness (QED) is 0.620. The van der Waals surface area contributed by atoms with Crippen LogP contribution in [0.2, 0.25) is 5.28 Å². The Balaban J connectivity index is 2.30. The van der Waals surface area contributed by atoms with Gasteiger partial charge in [-0.3, -0.25) is 9.69 Å². The Labute approximate surface area is 111 Å². The second-order valence-electron chi connectivity index (χ2n) is 3.54. The van der Waals surface area contributed by atoms with Gasteiger partial charge in [0.15, 0.2) is 5.82 Å². The monoisotopic (exact) mass is 323 g/mol. The molecule has 4 nitrogen and oxygen atoms in total. The van der Waals surface area contributed by atoms with Crippen LogP contribution in [0.1, 0.15) is 6.42 Å². The zero-order valence-corrected chi connectivity index (χ0v) is 11.3. The van der Waals surface area contributed by atoms with Crippen LogP contribution >= 0.6 is 39.1 Å². The van der Waals surface area contributed by atoms with E-state index in [2.05, 4.69) is 25.9 Å². The summed E-state index contributed by atoms with van der Waals surface area (Å²) in [5.74, 6) is 1.17. The molecule has 2 rings (SSSR count). The lowest BCUT2D eigenvalue weighted by Gasteiger charge is -2.16. The van der Waals surface area contributed by atoms with Crippen LogP contribution in [0.5, 0.6) is 0 Å². The SMILES string of the molecule is O=C1CC(CCl)CN1c1nc(Cl)ncc1Br. The standard InChI is InChI=1S/C9H8BrCl2N3O/c10-6-3-13-9(12)14-8(6)15-4-5(2-11)1-7(15)16/h3,5H,1-2,4H2. The van der Waals surface area contributed by atoms with Gasteiger partial charge in [-0.15, -0.1) is 11.6 Å². The second-order valence-corrected chi connectivity index (χ2v) is 5.04. The number of hydrogen-bond donors (Lipinski definition) is 0. The van der Waals surface area contributed by atoms with E-state index in [-0.39, 0.29) is 17.1 Å². The van der Waals surface area contributed by atoms with E-state index in [9.17, 15) is 4.79 Å². The molecule has 7 heteroatoms. The number of nitrogens with zero attached hydrogens (tertiary/aromatic N) is 3. The molecule has 1 aromatic heterocycles. The summed E-state index contributed by atoms with van der Waals surface area (Å²) < 4.78 is 0.653. The van der Waals surface area contributed by atoms with Crippen LogP contribution in [0.15, 0.2) is 10.7 Å². The first-order valence-electron chi connectivity index (χ1n) is 4.66. The van der Waals surface area contributed by atoms with Crippen LogP contribution in [0.25, 0.3) is 0 Å². The third-order valence-corrected chi connectivity index (χ3v) is 3.55. The van der Waals surface area contributed by atoms with Crippen LogP contribution in [0, 0.1) is 5.92 Å². The second kappa shape index (κ2) is 4.85. The number of carbonyl (C=O) groups excluding carboxylic acids is 1. The lowest BCUT2D eigenvalue weighted by atomic mass is 10.2. The van der Waals surface area contributed by atoms with E-state index in [4.69, 9.17) is 23.2 Å². The predicted molar refractivity (Wildman–Crippen MR) is 65.9 cm³/mol. The zero-order valence-electron chi connectivity index (χ0n) is 8.16. The van der Waals surface area contributed by atoms with Crippen LogP contribution in [-0.2, 0) is 4.79 Å². The molecule has 2 heterocycles. The van der Waals surface area contributed by atoms with Gasteiger partial charge in [-0.1, -0.05) is 0 Å². The maximum absolute atomic E-state index is 11.8. The molecule has 1 amide bonds. The first-order valence-corrected chi connectivity index (χ1v) is 6.36. The summed E-state index contributed by atoms with van der Waals surface area (Å²) in [4.78, 5) is 21.2. The van der Waals surface area contributed by atoms with E-state index in [1.807, 2.05) is 0 Å². The molecule has 0 bridgehead atoms. The van der Waals surface area contributed by atoms with Gasteiger partial charge in [0.25, 0.3) is 0 Å². The minimum atomic E-state index is 0.0149. The van der Waals surface area contributed by atoms with Crippen molar-refractivity contribution in [3.63, 3.8) is 0 Å². The van der Waals surface area contributed by atoms with Crippen molar-refractivity contribution in [1.29, 1.82) is 0 Å². The molecule has 0 spiro atoms. The van der Waals surface area contributed by atoms with Gasteiger partial charge >= 0.3 is 0 Å². The molecular formula is C9H8BrCl2N3O. The van der Waals surface area contributed by atoms with Crippen molar-refractivity contribution >= 4 is 50.9 Å². The lowest BCUT2D eigenvalue weighted by molar-refractivity contribution is -0.117. The number of rotatable bonds is 2. The van der Waals surface area contributed by atoms with Crippen molar-refractivity contribution in [1.82, 2.24) is 9.97 Å². The van der Waals surface area contributed by atoms with Crippen LogP contribution < -0.4 is 4.90 Å². The van der Waals surface area contributed by atoms with Crippen molar-refractivity contribution in [2.24, 2.45) is 5.92 Å². The van der Waals surface area contributed by atoms with E-state index in [1.54, 1.807) is 4.90 Å². The van der Waals surface area contributed by atoms with Crippen LogP contribution in [0.3, 0.4) is 0 Å².